The number of aliphatic hydroxyl groups is 1. The maximum atomic E-state index is 13.8. The molecule has 2 aliphatic rings. The molecule has 234 valence electrons. The van der Waals surface area contributed by atoms with Gasteiger partial charge in [-0.25, -0.2) is 9.59 Å². The van der Waals surface area contributed by atoms with Crippen molar-refractivity contribution in [3.05, 3.63) is 65.2 Å². The maximum absolute atomic E-state index is 13.8. The van der Waals surface area contributed by atoms with Crippen molar-refractivity contribution in [2.24, 2.45) is 5.41 Å². The van der Waals surface area contributed by atoms with E-state index in [1.807, 2.05) is 52.0 Å². The molecule has 4 N–H and O–H groups in total. The Balaban J connectivity index is 1.49. The van der Waals surface area contributed by atoms with E-state index in [-0.39, 0.29) is 23.1 Å². The van der Waals surface area contributed by atoms with E-state index >= 15 is 0 Å². The number of hydrogen-bond acceptors (Lipinski definition) is 7. The predicted octanol–water partition coefficient (Wildman–Crippen LogP) is 2.53. The molecule has 44 heavy (non-hydrogen) atoms. The Morgan fingerprint density at radius 3 is 2.30 bits per heavy atom. The number of carbonyl (C=O) groups excluding carboxylic acids is 3. The lowest BCUT2D eigenvalue weighted by atomic mass is 9.85. The van der Waals surface area contributed by atoms with E-state index in [0.29, 0.717) is 30.6 Å². The number of carboxylic acids is 2. The zero-order valence-corrected chi connectivity index (χ0v) is 25.2. The van der Waals surface area contributed by atoms with E-state index in [9.17, 15) is 39.3 Å². The number of fused-ring (bicyclic) bond motifs is 1. The molecule has 12 nitrogen and oxygen atoms in total. The summed E-state index contributed by atoms with van der Waals surface area (Å²) in [6, 6.07) is 9.99. The molecule has 0 bridgehead atoms. The van der Waals surface area contributed by atoms with Crippen molar-refractivity contribution in [1.29, 1.82) is 0 Å². The van der Waals surface area contributed by atoms with E-state index in [1.54, 1.807) is 11.9 Å². The molecule has 2 aliphatic heterocycles. The summed E-state index contributed by atoms with van der Waals surface area (Å²) in [5.41, 5.74) is -1.51. The molecule has 1 saturated heterocycles. The van der Waals surface area contributed by atoms with Gasteiger partial charge in [0, 0.05) is 30.9 Å². The topological polar surface area (TPSA) is 174 Å². The molecule has 3 atom stereocenters. The first kappa shape index (κ1) is 32.2. The lowest BCUT2D eigenvalue weighted by molar-refractivity contribution is -0.180. The first-order chi connectivity index (χ1) is 20.6. The largest absolute Gasteiger partial charge is 0.478 e. The van der Waals surface area contributed by atoms with E-state index in [4.69, 9.17) is 4.74 Å². The van der Waals surface area contributed by atoms with E-state index in [1.165, 1.54) is 35.3 Å². The van der Waals surface area contributed by atoms with Gasteiger partial charge in [-0.2, -0.15) is 0 Å². The molecule has 0 spiro atoms. The van der Waals surface area contributed by atoms with Crippen molar-refractivity contribution in [1.82, 2.24) is 10.2 Å². The fourth-order valence-electron chi connectivity index (χ4n) is 5.42. The normalized spacial score (nSPS) is 19.6. The van der Waals surface area contributed by atoms with Gasteiger partial charge in [-0.1, -0.05) is 44.5 Å². The van der Waals surface area contributed by atoms with Crippen molar-refractivity contribution in [3.8, 4) is 5.75 Å². The van der Waals surface area contributed by atoms with E-state index < -0.39 is 47.0 Å². The van der Waals surface area contributed by atoms with Crippen LogP contribution in [0.15, 0.2) is 48.5 Å². The number of aliphatic hydroxyl groups excluding tert-OH is 1. The number of hydrogen-bond donors (Lipinski definition) is 4. The summed E-state index contributed by atoms with van der Waals surface area (Å²) in [5, 5.41) is 32.2. The van der Waals surface area contributed by atoms with Crippen LogP contribution in [0.5, 0.6) is 5.75 Å². The van der Waals surface area contributed by atoms with Crippen molar-refractivity contribution in [2.75, 3.05) is 18.5 Å². The third-order valence-corrected chi connectivity index (χ3v) is 8.02. The molecule has 2 aromatic carbocycles. The molecular formula is C32H37N3O9. The molecule has 4 rings (SSSR count). The van der Waals surface area contributed by atoms with E-state index in [0.717, 1.165) is 5.56 Å². The molecule has 2 heterocycles. The van der Waals surface area contributed by atoms with Gasteiger partial charge in [-0.05, 0) is 61.1 Å². The summed E-state index contributed by atoms with van der Waals surface area (Å²) >= 11 is 0. The monoisotopic (exact) mass is 607 g/mol. The average Bonchev–Trinajstić information content (AvgIpc) is 3.57. The summed E-state index contributed by atoms with van der Waals surface area (Å²) in [6.45, 7) is 7.76. The number of rotatable bonds is 8. The first-order valence-electron chi connectivity index (χ1n) is 14.2. The Morgan fingerprint density at radius 1 is 1.07 bits per heavy atom. The third-order valence-electron chi connectivity index (χ3n) is 8.02. The second-order valence-corrected chi connectivity index (χ2v) is 12.2. The van der Waals surface area contributed by atoms with Crippen LogP contribution < -0.4 is 15.0 Å². The van der Waals surface area contributed by atoms with Gasteiger partial charge in [-0.3, -0.25) is 14.4 Å². The Morgan fingerprint density at radius 2 is 1.70 bits per heavy atom. The number of nitrogens with one attached hydrogen (secondary N) is 1. The van der Waals surface area contributed by atoms with E-state index in [2.05, 4.69) is 5.32 Å². The molecule has 3 amide bonds. The number of aryl methyl sites for hydroxylation is 1. The van der Waals surface area contributed by atoms with Crippen LogP contribution in [0.1, 0.15) is 56.4 Å². The number of benzene rings is 2. The first-order valence-corrected chi connectivity index (χ1v) is 14.2. The molecule has 0 saturated carbocycles. The minimum absolute atomic E-state index is 0.0551. The summed E-state index contributed by atoms with van der Waals surface area (Å²) in [5.74, 6) is -5.00. The zero-order chi connectivity index (χ0) is 32.6. The van der Waals surface area contributed by atoms with Crippen LogP contribution in [-0.4, -0.2) is 81.2 Å². The average molecular weight is 608 g/mol. The molecular weight excluding hydrogens is 570 g/mol. The fourth-order valence-corrected chi connectivity index (χ4v) is 5.42. The van der Waals surface area contributed by atoms with Crippen LogP contribution in [0, 0.1) is 12.3 Å². The summed E-state index contributed by atoms with van der Waals surface area (Å²) in [7, 11) is 1.68. The molecule has 2 aromatic rings. The predicted molar refractivity (Wildman–Crippen MR) is 160 cm³/mol. The second kappa shape index (κ2) is 12.1. The summed E-state index contributed by atoms with van der Waals surface area (Å²) < 4.78 is 5.12. The highest BCUT2D eigenvalue weighted by Gasteiger charge is 2.61. The number of anilines is 1. The molecule has 12 heteroatoms. The molecule has 0 aromatic heterocycles. The number of carboxylic acid groups (broad SMARTS) is 2. The SMILES string of the molecule is Cc1ccc(N(C)C(=O)[C@@H]2CCCN2C(=O)[C@@H](NC(=O)/C=C/c2ccc3c(c2)C(O)C(C(=O)O)(C(=O)O)O3)C(C)(C)C)cc1. The quantitative estimate of drug-likeness (QED) is 0.260. The highest BCUT2D eigenvalue weighted by atomic mass is 16.6. The Bertz CT molecular complexity index is 1500. The molecule has 0 aliphatic carbocycles. The van der Waals surface area contributed by atoms with Crippen LogP contribution in [0.4, 0.5) is 5.69 Å². The lowest BCUT2D eigenvalue weighted by Crippen LogP contribution is -2.57. The minimum Gasteiger partial charge on any atom is -0.478 e. The van der Waals surface area contributed by atoms with Crippen LogP contribution in [-0.2, 0) is 24.0 Å². The number of aliphatic carboxylic acids is 2. The highest BCUT2D eigenvalue weighted by Crippen LogP contribution is 2.44. The van der Waals surface area contributed by atoms with Gasteiger partial charge in [-0.15, -0.1) is 0 Å². The zero-order valence-electron chi connectivity index (χ0n) is 25.2. The Kier molecular flexibility index (Phi) is 8.87. The molecule has 0 radical (unpaired) electrons. The Labute approximate surface area is 254 Å². The summed E-state index contributed by atoms with van der Waals surface area (Å²) in [6.07, 6.45) is 1.72. The van der Waals surface area contributed by atoms with Gasteiger partial charge < -0.3 is 35.2 Å². The van der Waals surface area contributed by atoms with Crippen LogP contribution in [0.25, 0.3) is 6.08 Å². The molecule has 1 fully saturated rings. The second-order valence-electron chi connectivity index (χ2n) is 12.2. The van der Waals surface area contributed by atoms with Gasteiger partial charge in [0.15, 0.2) is 0 Å². The minimum atomic E-state index is -2.88. The van der Waals surface area contributed by atoms with Crippen LogP contribution >= 0.6 is 0 Å². The summed E-state index contributed by atoms with van der Waals surface area (Å²) in [4.78, 5) is 66.7. The smallest absolute Gasteiger partial charge is 0.363 e. The van der Waals surface area contributed by atoms with Crippen molar-refractivity contribution in [3.63, 3.8) is 0 Å². The van der Waals surface area contributed by atoms with Crippen LogP contribution in [0.2, 0.25) is 0 Å². The third kappa shape index (κ3) is 6.02. The standard InChI is InChI=1S/C32H37N3O9/c1-18-8-12-20(13-9-18)34(5)27(38)22-7-6-16-35(22)28(39)25(31(2,3)4)33-24(36)15-11-19-10-14-23-21(17-19)26(37)32(44-23,29(40)41)30(42)43/h8-15,17,22,25-26,37H,6-7,16H2,1-5H3,(H,33,36)(H,40,41)(H,42,43)/b15-11+/t22-,25+,26?/m0/s1. The fraction of sp³-hybridized carbons (Fsp3) is 0.406. The van der Waals surface area contributed by atoms with Crippen LogP contribution in [0.3, 0.4) is 0 Å². The highest BCUT2D eigenvalue weighted by molar-refractivity contribution is 6.04. The van der Waals surface area contributed by atoms with Gasteiger partial charge >= 0.3 is 17.5 Å². The van der Waals surface area contributed by atoms with Crippen molar-refractivity contribution in [2.45, 2.75) is 64.3 Å². The maximum Gasteiger partial charge on any atom is 0.363 e. The van der Waals surface area contributed by atoms with Gasteiger partial charge in [0.1, 0.15) is 23.9 Å². The number of amides is 3. The van der Waals surface area contributed by atoms with Gasteiger partial charge in [0.05, 0.1) is 0 Å². The Hall–Kier alpha value is -4.71. The van der Waals surface area contributed by atoms with Crippen molar-refractivity contribution < 1.29 is 44.0 Å². The number of likely N-dealkylation sites (N-methyl/N-ethyl adjacent to an activating group) is 1. The number of carbonyl (C=O) groups is 5. The number of ether oxygens (including phenoxy) is 1. The van der Waals surface area contributed by atoms with Gasteiger partial charge in [0.25, 0.3) is 0 Å². The van der Waals surface area contributed by atoms with Crippen molar-refractivity contribution >= 4 is 41.4 Å². The lowest BCUT2D eigenvalue weighted by Gasteiger charge is -2.36. The molecule has 1 unspecified atom stereocenters. The number of likely N-dealkylation sites (tertiary alicyclic amines) is 1. The number of nitrogens with zero attached hydrogens (tertiary/aromatic N) is 2. The van der Waals surface area contributed by atoms with Gasteiger partial charge in [0.2, 0.25) is 17.7 Å².